The Bertz CT molecular complexity index is 2170. The van der Waals surface area contributed by atoms with E-state index in [1.165, 1.54) is 53.5 Å². The largest absolute Gasteiger partial charge is 0.208 e. The second-order valence-corrected chi connectivity index (χ2v) is 14.6. The summed E-state index contributed by atoms with van der Waals surface area (Å²) in [6.45, 7) is 4.93. The Balaban J connectivity index is 1.14. The Morgan fingerprint density at radius 3 is 1.80 bits per heavy atom. The summed E-state index contributed by atoms with van der Waals surface area (Å²) in [6, 6.07) is 44.9. The lowest BCUT2D eigenvalue weighted by atomic mass is 9.49. The minimum absolute atomic E-state index is 0.0643. The number of benzene rings is 5. The number of fused-ring (bicyclic) bond motifs is 8. The first-order chi connectivity index (χ1) is 24.0. The lowest BCUT2D eigenvalue weighted by molar-refractivity contribution is 0.0426. The van der Waals surface area contributed by atoms with Gasteiger partial charge in [-0.15, -0.1) is 0 Å². The van der Waals surface area contributed by atoms with Crippen LogP contribution in [0, 0.1) is 35.0 Å². The fourth-order valence-corrected chi connectivity index (χ4v) is 9.83. The van der Waals surface area contributed by atoms with Crippen molar-refractivity contribution < 1.29 is 0 Å². The van der Waals surface area contributed by atoms with Crippen LogP contribution < -0.4 is 0 Å². The second-order valence-electron chi connectivity index (χ2n) is 14.6. The van der Waals surface area contributed by atoms with E-state index in [-0.39, 0.29) is 5.41 Å². The standard InChI is InChI=1S/C45H38N4/c1-28-22-30-24-29(2)45(37(23-28)25-30)39-15-9-14-36(27-46)41(39)38-21-20-35(26-40(38)45)31-16-18-34(19-17-31)44-48-42(32-10-5-3-6-11-32)47-43(49-44)33-12-7-4-8-13-33/h3-21,26,28-30,37H,22-25H2,1-2H3. The van der Waals surface area contributed by atoms with Gasteiger partial charge in [-0.1, -0.05) is 123 Å². The zero-order valence-corrected chi connectivity index (χ0v) is 28.0. The molecule has 5 atom stereocenters. The van der Waals surface area contributed by atoms with E-state index in [9.17, 15) is 5.26 Å². The first-order valence-electron chi connectivity index (χ1n) is 17.7. The van der Waals surface area contributed by atoms with Crippen LogP contribution in [0.1, 0.15) is 56.2 Å². The van der Waals surface area contributed by atoms with Gasteiger partial charge >= 0.3 is 0 Å². The second kappa shape index (κ2) is 11.6. The highest BCUT2D eigenvalue weighted by Gasteiger charge is 2.57. The molecule has 0 saturated heterocycles. The Morgan fingerprint density at radius 1 is 0.571 bits per heavy atom. The Hall–Kier alpha value is -5.40. The zero-order chi connectivity index (χ0) is 33.1. The quantitative estimate of drug-likeness (QED) is 0.194. The third kappa shape index (κ3) is 4.75. The minimum Gasteiger partial charge on any atom is -0.208 e. The van der Waals surface area contributed by atoms with Crippen LogP contribution in [-0.4, -0.2) is 15.0 Å². The topological polar surface area (TPSA) is 62.5 Å². The van der Waals surface area contributed by atoms with Crippen molar-refractivity contribution in [2.75, 3.05) is 0 Å². The Labute approximate surface area is 288 Å². The van der Waals surface area contributed by atoms with Crippen LogP contribution in [0.2, 0.25) is 0 Å². The molecule has 9 rings (SSSR count). The Kier molecular flexibility index (Phi) is 7.06. The van der Waals surface area contributed by atoms with Crippen molar-refractivity contribution in [2.24, 2.45) is 23.7 Å². The van der Waals surface area contributed by atoms with Crippen LogP contribution in [0.25, 0.3) is 56.4 Å². The molecule has 2 fully saturated rings. The van der Waals surface area contributed by atoms with Crippen LogP contribution in [-0.2, 0) is 5.41 Å². The Morgan fingerprint density at radius 2 is 1.16 bits per heavy atom. The molecule has 2 bridgehead atoms. The number of nitriles is 1. The molecule has 49 heavy (non-hydrogen) atoms. The van der Waals surface area contributed by atoms with E-state index in [0.717, 1.165) is 39.7 Å². The van der Waals surface area contributed by atoms with E-state index in [4.69, 9.17) is 15.0 Å². The average molecular weight is 635 g/mol. The van der Waals surface area contributed by atoms with Gasteiger partial charge in [-0.25, -0.2) is 15.0 Å². The number of aromatic nitrogens is 3. The fourth-order valence-electron chi connectivity index (χ4n) is 9.83. The van der Waals surface area contributed by atoms with Crippen molar-refractivity contribution in [3.63, 3.8) is 0 Å². The molecule has 1 heterocycles. The monoisotopic (exact) mass is 634 g/mol. The van der Waals surface area contributed by atoms with E-state index in [2.05, 4.69) is 74.5 Å². The summed E-state index contributed by atoms with van der Waals surface area (Å²) < 4.78 is 0. The lowest BCUT2D eigenvalue weighted by Gasteiger charge is -2.54. The maximum atomic E-state index is 10.3. The van der Waals surface area contributed by atoms with Gasteiger partial charge in [-0.2, -0.15) is 5.26 Å². The fraction of sp³-hybridized carbons (Fsp3) is 0.244. The van der Waals surface area contributed by atoms with Gasteiger partial charge in [0.25, 0.3) is 0 Å². The predicted octanol–water partition coefficient (Wildman–Crippen LogP) is 10.8. The van der Waals surface area contributed by atoms with Gasteiger partial charge in [0.2, 0.25) is 0 Å². The molecule has 5 aromatic carbocycles. The highest BCUT2D eigenvalue weighted by atomic mass is 15.0. The summed E-state index contributed by atoms with van der Waals surface area (Å²) in [5.74, 6) is 4.61. The summed E-state index contributed by atoms with van der Waals surface area (Å²) in [6.07, 6.45) is 5.13. The third-order valence-electron chi connectivity index (χ3n) is 11.7. The first kappa shape index (κ1) is 29.7. The molecule has 1 aromatic heterocycles. The number of rotatable bonds is 4. The lowest BCUT2D eigenvalue weighted by Crippen LogP contribution is -2.49. The minimum atomic E-state index is -0.0643. The van der Waals surface area contributed by atoms with E-state index in [1.807, 2.05) is 66.7 Å². The van der Waals surface area contributed by atoms with Crippen molar-refractivity contribution in [1.82, 2.24) is 15.0 Å². The molecular weight excluding hydrogens is 597 g/mol. The molecular formula is C45H38N4. The summed E-state index contributed by atoms with van der Waals surface area (Å²) in [5.41, 5.74) is 11.2. The van der Waals surface area contributed by atoms with Gasteiger partial charge in [0.15, 0.2) is 17.5 Å². The van der Waals surface area contributed by atoms with E-state index in [1.54, 1.807) is 0 Å². The van der Waals surface area contributed by atoms with Gasteiger partial charge < -0.3 is 0 Å². The van der Waals surface area contributed by atoms with Crippen LogP contribution in [0.4, 0.5) is 0 Å². The molecule has 3 aliphatic carbocycles. The summed E-state index contributed by atoms with van der Waals surface area (Å²) >= 11 is 0. The van der Waals surface area contributed by atoms with Crippen LogP contribution >= 0.6 is 0 Å². The molecule has 0 aliphatic heterocycles. The van der Waals surface area contributed by atoms with Crippen LogP contribution in [0.15, 0.2) is 121 Å². The maximum Gasteiger partial charge on any atom is 0.164 e. The molecule has 4 heteroatoms. The third-order valence-corrected chi connectivity index (χ3v) is 11.7. The SMILES string of the molecule is CC1CC2CC(C)C3(c4cc(-c5ccc(-c6nc(-c7ccccc7)nc(-c7ccccc7)n6)cc5)ccc4-c4c(C#N)cccc43)C(C1)C2. The molecule has 0 amide bonds. The molecule has 6 aromatic rings. The highest BCUT2D eigenvalue weighted by molar-refractivity contribution is 5.88. The van der Waals surface area contributed by atoms with Crippen LogP contribution in [0.3, 0.4) is 0 Å². The smallest absolute Gasteiger partial charge is 0.164 e. The molecule has 0 radical (unpaired) electrons. The van der Waals surface area contributed by atoms with E-state index in [0.29, 0.717) is 29.3 Å². The molecule has 4 nitrogen and oxygen atoms in total. The zero-order valence-electron chi connectivity index (χ0n) is 28.0. The van der Waals surface area contributed by atoms with Gasteiger partial charge in [-0.05, 0) is 89.3 Å². The molecule has 3 aliphatic rings. The average Bonchev–Trinajstić information content (AvgIpc) is 3.45. The van der Waals surface area contributed by atoms with Gasteiger partial charge in [0.1, 0.15) is 0 Å². The van der Waals surface area contributed by atoms with Crippen molar-refractivity contribution in [2.45, 2.75) is 44.9 Å². The van der Waals surface area contributed by atoms with E-state index < -0.39 is 0 Å². The first-order valence-corrected chi connectivity index (χ1v) is 17.7. The summed E-state index contributed by atoms with van der Waals surface area (Å²) in [5, 5.41) is 10.3. The molecule has 238 valence electrons. The number of nitrogens with zero attached hydrogens (tertiary/aromatic N) is 4. The van der Waals surface area contributed by atoms with Crippen molar-refractivity contribution in [1.29, 1.82) is 5.26 Å². The van der Waals surface area contributed by atoms with E-state index >= 15 is 0 Å². The number of hydrogen-bond donors (Lipinski definition) is 0. The summed E-state index contributed by atoms with van der Waals surface area (Å²) in [4.78, 5) is 14.7. The molecule has 2 saturated carbocycles. The van der Waals surface area contributed by atoms with Gasteiger partial charge in [0.05, 0.1) is 11.6 Å². The van der Waals surface area contributed by atoms with Crippen molar-refractivity contribution in [3.8, 4) is 62.5 Å². The highest BCUT2D eigenvalue weighted by Crippen LogP contribution is 2.65. The van der Waals surface area contributed by atoms with Gasteiger partial charge in [-0.3, -0.25) is 0 Å². The summed E-state index contributed by atoms with van der Waals surface area (Å²) in [7, 11) is 0. The van der Waals surface area contributed by atoms with Crippen LogP contribution in [0.5, 0.6) is 0 Å². The molecule has 1 spiro atoms. The number of hydrogen-bond acceptors (Lipinski definition) is 4. The van der Waals surface area contributed by atoms with Crippen molar-refractivity contribution >= 4 is 0 Å². The predicted molar refractivity (Wildman–Crippen MR) is 196 cm³/mol. The molecule has 0 N–H and O–H groups in total. The molecule has 5 unspecified atom stereocenters. The van der Waals surface area contributed by atoms with Crippen molar-refractivity contribution in [3.05, 3.63) is 138 Å². The maximum absolute atomic E-state index is 10.3. The van der Waals surface area contributed by atoms with Gasteiger partial charge in [0, 0.05) is 27.7 Å². The normalized spacial score (nSPS) is 23.4.